The largest absolute Gasteiger partial charge is 0.493 e. The molecule has 1 aliphatic rings. The summed E-state index contributed by atoms with van der Waals surface area (Å²) in [6.45, 7) is 7.81. The van der Waals surface area contributed by atoms with Gasteiger partial charge in [0.15, 0.2) is 5.96 Å². The molecule has 1 saturated heterocycles. The zero-order valence-corrected chi connectivity index (χ0v) is 19.9. The number of hydrogen-bond acceptors (Lipinski definition) is 5. The van der Waals surface area contributed by atoms with Gasteiger partial charge in [-0.05, 0) is 44.0 Å². The molecule has 166 valence electrons. The molecule has 30 heavy (non-hydrogen) atoms. The summed E-state index contributed by atoms with van der Waals surface area (Å²) in [5.41, 5.74) is 2.18. The van der Waals surface area contributed by atoms with Gasteiger partial charge in [0, 0.05) is 24.6 Å². The molecule has 2 unspecified atom stereocenters. The molecule has 0 aliphatic carbocycles. The fourth-order valence-corrected chi connectivity index (χ4v) is 3.13. The van der Waals surface area contributed by atoms with Crippen LogP contribution in [0.2, 0.25) is 0 Å². The van der Waals surface area contributed by atoms with Crippen LogP contribution >= 0.6 is 24.0 Å². The highest BCUT2D eigenvalue weighted by atomic mass is 127. The van der Waals surface area contributed by atoms with Crippen LogP contribution in [-0.4, -0.2) is 44.0 Å². The predicted octanol–water partition coefficient (Wildman–Crippen LogP) is 3.41. The fraction of sp³-hybridized carbons (Fsp3) is 0.500. The zero-order valence-electron chi connectivity index (χ0n) is 17.6. The second-order valence-corrected chi connectivity index (χ2v) is 7.26. The maximum Gasteiger partial charge on any atom is 0.191 e. The van der Waals surface area contributed by atoms with Crippen LogP contribution in [0.15, 0.2) is 46.0 Å². The van der Waals surface area contributed by atoms with Crippen LogP contribution in [0.1, 0.15) is 36.3 Å². The minimum atomic E-state index is -0.735. The Morgan fingerprint density at radius 2 is 2.20 bits per heavy atom. The molecule has 3 rings (SSSR count). The molecule has 0 radical (unpaired) electrons. The number of furan rings is 1. The van der Waals surface area contributed by atoms with Gasteiger partial charge >= 0.3 is 0 Å². The van der Waals surface area contributed by atoms with Gasteiger partial charge in [0.1, 0.15) is 17.6 Å². The van der Waals surface area contributed by atoms with Gasteiger partial charge in [-0.1, -0.05) is 12.1 Å². The first-order valence-electron chi connectivity index (χ1n) is 10.2. The lowest BCUT2D eigenvalue weighted by molar-refractivity contribution is 0.153. The maximum absolute atomic E-state index is 10.2. The lowest BCUT2D eigenvalue weighted by atomic mass is 10.1. The number of aliphatic imine (C=N–C) groups is 1. The van der Waals surface area contributed by atoms with Crippen molar-refractivity contribution in [1.82, 2.24) is 10.6 Å². The van der Waals surface area contributed by atoms with Crippen molar-refractivity contribution in [2.24, 2.45) is 10.9 Å². The Hall–Kier alpha value is -1.78. The Morgan fingerprint density at radius 3 is 2.90 bits per heavy atom. The summed E-state index contributed by atoms with van der Waals surface area (Å²) in [7, 11) is 0. The normalized spacial score (nSPS) is 17.3. The van der Waals surface area contributed by atoms with Crippen LogP contribution in [0, 0.1) is 12.8 Å². The third kappa shape index (κ3) is 7.48. The lowest BCUT2D eigenvalue weighted by Gasteiger charge is -2.16. The van der Waals surface area contributed by atoms with Crippen LogP contribution in [0.4, 0.5) is 0 Å². The van der Waals surface area contributed by atoms with Gasteiger partial charge in [0.2, 0.25) is 0 Å². The van der Waals surface area contributed by atoms with Crippen molar-refractivity contribution in [3.8, 4) is 5.75 Å². The number of halogens is 1. The van der Waals surface area contributed by atoms with Crippen molar-refractivity contribution >= 4 is 29.9 Å². The van der Waals surface area contributed by atoms with E-state index in [4.69, 9.17) is 13.9 Å². The van der Waals surface area contributed by atoms with Crippen LogP contribution in [0.3, 0.4) is 0 Å². The smallest absolute Gasteiger partial charge is 0.191 e. The second kappa shape index (κ2) is 12.8. The zero-order chi connectivity index (χ0) is 20.5. The van der Waals surface area contributed by atoms with Crippen LogP contribution in [-0.2, 0) is 11.3 Å². The standard InChI is InChI=1S/C22H31N3O4.HI/c1-3-23-22(25-13-19(26)20-5-4-9-28-20)24-12-18-7-6-16(2)11-21(18)29-15-17-8-10-27-14-17;/h4-7,9,11,17,19,26H,3,8,10,12-15H2,1-2H3,(H2,23,24,25);1H. The minimum absolute atomic E-state index is 0. The number of benzene rings is 1. The molecule has 2 atom stereocenters. The van der Waals surface area contributed by atoms with E-state index in [1.165, 1.54) is 0 Å². The Kier molecular flexibility index (Phi) is 10.5. The number of hydrogen-bond donors (Lipinski definition) is 3. The number of rotatable bonds is 9. The third-order valence-electron chi connectivity index (χ3n) is 4.81. The molecule has 3 N–H and O–H groups in total. The monoisotopic (exact) mass is 529 g/mol. The summed E-state index contributed by atoms with van der Waals surface area (Å²) in [6.07, 6.45) is 1.86. The first-order chi connectivity index (χ1) is 14.2. The van der Waals surface area contributed by atoms with Crippen molar-refractivity contribution in [2.45, 2.75) is 32.9 Å². The van der Waals surface area contributed by atoms with Gasteiger partial charge in [0.05, 0.1) is 32.6 Å². The molecular weight excluding hydrogens is 497 g/mol. The van der Waals surface area contributed by atoms with Gasteiger partial charge in [-0.3, -0.25) is 0 Å². The van der Waals surface area contributed by atoms with E-state index in [0.29, 0.717) is 37.3 Å². The van der Waals surface area contributed by atoms with Crippen molar-refractivity contribution < 1.29 is 19.0 Å². The highest BCUT2D eigenvalue weighted by Crippen LogP contribution is 2.23. The van der Waals surface area contributed by atoms with E-state index in [2.05, 4.69) is 40.7 Å². The number of aryl methyl sites for hydroxylation is 1. The highest BCUT2D eigenvalue weighted by molar-refractivity contribution is 14.0. The fourth-order valence-electron chi connectivity index (χ4n) is 3.13. The average Bonchev–Trinajstić information content (AvgIpc) is 3.43. The first-order valence-corrected chi connectivity index (χ1v) is 10.2. The average molecular weight is 529 g/mol. The van der Waals surface area contributed by atoms with Gasteiger partial charge in [-0.25, -0.2) is 4.99 Å². The summed E-state index contributed by atoms with van der Waals surface area (Å²) in [5, 5.41) is 16.6. The molecule has 8 heteroatoms. The molecule has 0 saturated carbocycles. The molecule has 1 aromatic heterocycles. The van der Waals surface area contributed by atoms with E-state index in [1.54, 1.807) is 18.4 Å². The van der Waals surface area contributed by atoms with Crippen LogP contribution in [0.5, 0.6) is 5.75 Å². The van der Waals surface area contributed by atoms with Crippen molar-refractivity contribution in [2.75, 3.05) is 32.9 Å². The molecule has 1 fully saturated rings. The van der Waals surface area contributed by atoms with E-state index in [-0.39, 0.29) is 24.0 Å². The molecule has 0 bridgehead atoms. The van der Waals surface area contributed by atoms with E-state index in [0.717, 1.165) is 43.1 Å². The van der Waals surface area contributed by atoms with Crippen molar-refractivity contribution in [1.29, 1.82) is 0 Å². The summed E-state index contributed by atoms with van der Waals surface area (Å²) < 4.78 is 16.8. The Bertz CT molecular complexity index is 777. The van der Waals surface area contributed by atoms with E-state index < -0.39 is 6.10 Å². The summed E-state index contributed by atoms with van der Waals surface area (Å²) in [4.78, 5) is 4.66. The molecule has 1 aliphatic heterocycles. The summed E-state index contributed by atoms with van der Waals surface area (Å²) in [6, 6.07) is 9.69. The molecule has 0 spiro atoms. The number of aliphatic hydroxyl groups is 1. The minimum Gasteiger partial charge on any atom is -0.493 e. The lowest BCUT2D eigenvalue weighted by Crippen LogP contribution is -2.39. The number of ether oxygens (including phenoxy) is 2. The molecule has 7 nitrogen and oxygen atoms in total. The first kappa shape index (κ1) is 24.5. The van der Waals surface area contributed by atoms with E-state index in [1.807, 2.05) is 6.92 Å². The molecule has 2 aromatic rings. The van der Waals surface area contributed by atoms with Crippen molar-refractivity contribution in [3.63, 3.8) is 0 Å². The number of nitrogens with zero attached hydrogens (tertiary/aromatic N) is 1. The highest BCUT2D eigenvalue weighted by Gasteiger charge is 2.17. The Balaban J connectivity index is 0.00000320. The maximum atomic E-state index is 10.2. The topological polar surface area (TPSA) is 88.3 Å². The summed E-state index contributed by atoms with van der Waals surface area (Å²) in [5.74, 6) is 2.48. The van der Waals surface area contributed by atoms with Gasteiger partial charge in [-0.15, -0.1) is 24.0 Å². The second-order valence-electron chi connectivity index (χ2n) is 7.26. The predicted molar refractivity (Wildman–Crippen MR) is 128 cm³/mol. The van der Waals surface area contributed by atoms with Gasteiger partial charge in [-0.2, -0.15) is 0 Å². The number of nitrogens with one attached hydrogen (secondary N) is 2. The molecule has 2 heterocycles. The molecular formula is C22H32IN3O4. The third-order valence-corrected chi connectivity index (χ3v) is 4.81. The SMILES string of the molecule is CCNC(=NCc1ccc(C)cc1OCC1CCOC1)NCC(O)c1ccco1.I. The van der Waals surface area contributed by atoms with Crippen LogP contribution in [0.25, 0.3) is 0 Å². The van der Waals surface area contributed by atoms with Crippen LogP contribution < -0.4 is 15.4 Å². The van der Waals surface area contributed by atoms with Gasteiger partial charge < -0.3 is 29.6 Å². The number of guanidine groups is 1. The number of aliphatic hydroxyl groups excluding tert-OH is 1. The summed E-state index contributed by atoms with van der Waals surface area (Å²) >= 11 is 0. The Labute approximate surface area is 195 Å². The van der Waals surface area contributed by atoms with Gasteiger partial charge in [0.25, 0.3) is 0 Å². The van der Waals surface area contributed by atoms with E-state index in [9.17, 15) is 5.11 Å². The Morgan fingerprint density at radius 1 is 1.33 bits per heavy atom. The quantitative estimate of drug-likeness (QED) is 0.262. The van der Waals surface area contributed by atoms with E-state index >= 15 is 0 Å². The molecule has 0 amide bonds. The van der Waals surface area contributed by atoms with Crippen molar-refractivity contribution in [3.05, 3.63) is 53.5 Å². The molecule has 1 aromatic carbocycles.